The molecule has 0 fully saturated rings. The Balaban J connectivity index is 1.95. The monoisotopic (exact) mass is 406 g/mol. The summed E-state index contributed by atoms with van der Waals surface area (Å²) in [5.74, 6) is 0.923. The summed E-state index contributed by atoms with van der Waals surface area (Å²) >= 11 is 0. The maximum Gasteiger partial charge on any atom is 0.124 e. The topological polar surface area (TPSA) is 44.7 Å². The van der Waals surface area contributed by atoms with Crippen LogP contribution in [0.3, 0.4) is 0 Å². The zero-order valence-electron chi connectivity index (χ0n) is 18.2. The van der Waals surface area contributed by atoms with Gasteiger partial charge in [-0.3, -0.25) is 0 Å². The van der Waals surface area contributed by atoms with Crippen molar-refractivity contribution in [1.82, 2.24) is 10.2 Å². The molecule has 0 heterocycles. The predicted molar refractivity (Wildman–Crippen MR) is 125 cm³/mol. The van der Waals surface area contributed by atoms with E-state index in [0.29, 0.717) is 13.2 Å². The second-order valence-electron chi connectivity index (χ2n) is 7.49. The number of nitrogens with zero attached hydrogens (tertiary/aromatic N) is 1. The van der Waals surface area contributed by atoms with Crippen LogP contribution >= 0.6 is 0 Å². The van der Waals surface area contributed by atoms with Crippen LogP contribution in [0.2, 0.25) is 0 Å². The first kappa shape index (κ1) is 22.3. The van der Waals surface area contributed by atoms with Crippen molar-refractivity contribution in [3.63, 3.8) is 0 Å². The van der Waals surface area contributed by atoms with Gasteiger partial charge in [-0.1, -0.05) is 74.5 Å². The van der Waals surface area contributed by atoms with E-state index in [9.17, 15) is 5.11 Å². The molecule has 4 nitrogen and oxygen atoms in total. The Kier molecular flexibility index (Phi) is 8.69. The van der Waals surface area contributed by atoms with Crippen LogP contribution in [-0.2, 0) is 6.42 Å². The normalized spacial score (nSPS) is 12.4. The molecule has 3 aromatic carbocycles. The lowest BCUT2D eigenvalue weighted by atomic mass is 9.93. The van der Waals surface area contributed by atoms with Gasteiger partial charge in [0.25, 0.3) is 0 Å². The van der Waals surface area contributed by atoms with Crippen LogP contribution in [0.15, 0.2) is 66.7 Å². The fourth-order valence-corrected chi connectivity index (χ4v) is 3.95. The summed E-state index contributed by atoms with van der Waals surface area (Å²) in [5.41, 5.74) is 2.43. The molecule has 0 amide bonds. The number of fused-ring (bicyclic) bond motifs is 1. The predicted octanol–water partition coefficient (Wildman–Crippen LogP) is 4.43. The molecule has 0 spiro atoms. The van der Waals surface area contributed by atoms with Gasteiger partial charge in [0.1, 0.15) is 12.4 Å². The van der Waals surface area contributed by atoms with Gasteiger partial charge >= 0.3 is 0 Å². The molecule has 160 valence electrons. The van der Waals surface area contributed by atoms with E-state index in [1.165, 1.54) is 21.9 Å². The van der Waals surface area contributed by atoms with Crippen molar-refractivity contribution in [2.24, 2.45) is 0 Å². The lowest BCUT2D eigenvalue weighted by Gasteiger charge is -2.25. The fourth-order valence-electron chi connectivity index (χ4n) is 3.95. The lowest BCUT2D eigenvalue weighted by Crippen LogP contribution is -2.29. The SMILES string of the molecule is CCN(CC)CCOc1ccc2ccccc2c1C(Cc1ccccc1)NCCO. The van der Waals surface area contributed by atoms with Gasteiger partial charge in [0.2, 0.25) is 0 Å². The quantitative estimate of drug-likeness (QED) is 0.467. The smallest absolute Gasteiger partial charge is 0.124 e. The Morgan fingerprint density at radius 3 is 2.40 bits per heavy atom. The first-order chi connectivity index (χ1) is 14.8. The second-order valence-corrected chi connectivity index (χ2v) is 7.49. The Hall–Kier alpha value is -2.40. The van der Waals surface area contributed by atoms with Gasteiger partial charge in [-0.05, 0) is 41.9 Å². The fraction of sp³-hybridized carbons (Fsp3) is 0.385. The van der Waals surface area contributed by atoms with E-state index >= 15 is 0 Å². The van der Waals surface area contributed by atoms with Crippen molar-refractivity contribution < 1.29 is 9.84 Å². The Bertz CT molecular complexity index is 894. The molecule has 3 rings (SSSR count). The van der Waals surface area contributed by atoms with Gasteiger partial charge in [-0.15, -0.1) is 0 Å². The zero-order valence-corrected chi connectivity index (χ0v) is 18.2. The number of benzene rings is 3. The summed E-state index contributed by atoms with van der Waals surface area (Å²) in [6.45, 7) is 8.63. The van der Waals surface area contributed by atoms with E-state index < -0.39 is 0 Å². The number of aliphatic hydroxyl groups excluding tert-OH is 1. The number of nitrogens with one attached hydrogen (secondary N) is 1. The zero-order chi connectivity index (χ0) is 21.2. The van der Waals surface area contributed by atoms with Crippen LogP contribution in [0.25, 0.3) is 10.8 Å². The van der Waals surface area contributed by atoms with Crippen molar-refractivity contribution in [3.05, 3.63) is 77.9 Å². The standard InChI is InChI=1S/C26H34N2O2/c1-3-28(4-2)17-19-30-25-15-14-22-12-8-9-13-23(22)26(25)24(27-16-18-29)20-21-10-6-5-7-11-21/h5-15,24,27,29H,3-4,16-20H2,1-2H3. The highest BCUT2D eigenvalue weighted by Crippen LogP contribution is 2.35. The van der Waals surface area contributed by atoms with Crippen molar-refractivity contribution in [2.45, 2.75) is 26.3 Å². The van der Waals surface area contributed by atoms with E-state index in [4.69, 9.17) is 4.74 Å². The van der Waals surface area contributed by atoms with Gasteiger partial charge in [0, 0.05) is 24.7 Å². The molecule has 30 heavy (non-hydrogen) atoms. The van der Waals surface area contributed by atoms with E-state index in [-0.39, 0.29) is 12.6 Å². The number of likely N-dealkylation sites (N-methyl/N-ethyl adjacent to an activating group) is 1. The summed E-state index contributed by atoms with van der Waals surface area (Å²) in [7, 11) is 0. The molecule has 0 saturated heterocycles. The molecule has 0 saturated carbocycles. The van der Waals surface area contributed by atoms with Crippen LogP contribution < -0.4 is 10.1 Å². The third-order valence-electron chi connectivity index (χ3n) is 5.62. The van der Waals surface area contributed by atoms with Crippen LogP contribution in [0, 0.1) is 0 Å². The van der Waals surface area contributed by atoms with Crippen molar-refractivity contribution in [1.29, 1.82) is 0 Å². The molecule has 0 bridgehead atoms. The van der Waals surface area contributed by atoms with Gasteiger partial charge in [-0.2, -0.15) is 0 Å². The van der Waals surface area contributed by atoms with E-state index in [1.807, 2.05) is 6.07 Å². The molecule has 1 unspecified atom stereocenters. The highest BCUT2D eigenvalue weighted by molar-refractivity contribution is 5.88. The van der Waals surface area contributed by atoms with Crippen LogP contribution in [-0.4, -0.2) is 49.4 Å². The molecule has 4 heteroatoms. The summed E-state index contributed by atoms with van der Waals surface area (Å²) in [5, 5.41) is 15.4. The minimum atomic E-state index is 0.0501. The maximum atomic E-state index is 9.47. The molecule has 1 atom stereocenters. The largest absolute Gasteiger partial charge is 0.492 e. The molecule has 0 aliphatic heterocycles. The first-order valence-corrected chi connectivity index (χ1v) is 11.0. The number of hydrogen-bond acceptors (Lipinski definition) is 4. The van der Waals surface area contributed by atoms with Crippen molar-refractivity contribution in [3.8, 4) is 5.75 Å². The number of ether oxygens (including phenoxy) is 1. The number of hydrogen-bond donors (Lipinski definition) is 2. The molecular weight excluding hydrogens is 372 g/mol. The molecular formula is C26H34N2O2. The summed E-state index contributed by atoms with van der Waals surface area (Å²) in [4.78, 5) is 2.37. The van der Waals surface area contributed by atoms with Gasteiger partial charge in [0.05, 0.1) is 6.61 Å². The third-order valence-corrected chi connectivity index (χ3v) is 5.62. The average molecular weight is 407 g/mol. The van der Waals surface area contributed by atoms with Crippen molar-refractivity contribution in [2.75, 3.05) is 39.4 Å². The molecule has 0 aliphatic rings. The average Bonchev–Trinajstić information content (AvgIpc) is 2.80. The Morgan fingerprint density at radius 2 is 1.67 bits per heavy atom. The molecule has 3 aromatic rings. The highest BCUT2D eigenvalue weighted by Gasteiger charge is 2.20. The molecule has 0 aromatic heterocycles. The number of rotatable bonds is 12. The van der Waals surface area contributed by atoms with E-state index in [2.05, 4.69) is 84.7 Å². The minimum absolute atomic E-state index is 0.0501. The first-order valence-electron chi connectivity index (χ1n) is 11.0. The summed E-state index contributed by atoms with van der Waals surface area (Å²) < 4.78 is 6.33. The molecule has 0 aliphatic carbocycles. The maximum absolute atomic E-state index is 9.47. The van der Waals surface area contributed by atoms with Crippen molar-refractivity contribution >= 4 is 10.8 Å². The second kappa shape index (κ2) is 11.7. The van der Waals surface area contributed by atoms with Crippen LogP contribution in [0.5, 0.6) is 5.75 Å². The van der Waals surface area contributed by atoms with Gasteiger partial charge in [0.15, 0.2) is 0 Å². The van der Waals surface area contributed by atoms with Crippen LogP contribution in [0.1, 0.15) is 31.0 Å². The van der Waals surface area contributed by atoms with Gasteiger partial charge < -0.3 is 20.1 Å². The number of aliphatic hydroxyl groups is 1. The van der Waals surface area contributed by atoms with E-state index in [1.54, 1.807) is 0 Å². The molecule has 2 N–H and O–H groups in total. The van der Waals surface area contributed by atoms with E-state index in [0.717, 1.165) is 31.8 Å². The van der Waals surface area contributed by atoms with Gasteiger partial charge in [-0.25, -0.2) is 0 Å². The molecule has 0 radical (unpaired) electrons. The minimum Gasteiger partial charge on any atom is -0.492 e. The Morgan fingerprint density at radius 1 is 0.933 bits per heavy atom. The Labute approximate surface area is 180 Å². The summed E-state index contributed by atoms with van der Waals surface area (Å²) in [6.07, 6.45) is 0.835. The summed E-state index contributed by atoms with van der Waals surface area (Å²) in [6, 6.07) is 23.2. The van der Waals surface area contributed by atoms with Crippen LogP contribution in [0.4, 0.5) is 0 Å². The lowest BCUT2D eigenvalue weighted by molar-refractivity contribution is 0.220. The highest BCUT2D eigenvalue weighted by atomic mass is 16.5. The third kappa shape index (κ3) is 5.82.